The highest BCUT2D eigenvalue weighted by atomic mass is 127. The quantitative estimate of drug-likeness (QED) is 0.418. The molecule has 1 saturated heterocycles. The van der Waals surface area contributed by atoms with Gasteiger partial charge in [-0.3, -0.25) is 4.99 Å². The molecule has 0 radical (unpaired) electrons. The van der Waals surface area contributed by atoms with E-state index in [0.717, 1.165) is 55.8 Å². The Labute approximate surface area is 168 Å². The minimum absolute atomic E-state index is 0. The molecule has 0 aromatic carbocycles. The molecule has 24 heavy (non-hydrogen) atoms. The lowest BCUT2D eigenvalue weighted by atomic mass is 10.3. The SMILES string of the molecule is CN=C(NCCc1csc(C)n1)N1CCN(c2cccs2)CC1.I. The third kappa shape index (κ3) is 5.06. The Morgan fingerprint density at radius 2 is 2.08 bits per heavy atom. The second-order valence-corrected chi connectivity index (χ2v) is 7.50. The molecule has 0 unspecified atom stereocenters. The normalized spacial score (nSPS) is 15.3. The molecule has 1 fully saturated rings. The van der Waals surface area contributed by atoms with Crippen LogP contribution in [0.15, 0.2) is 27.9 Å². The number of hydrogen-bond acceptors (Lipinski definition) is 5. The molecule has 0 aliphatic carbocycles. The van der Waals surface area contributed by atoms with Gasteiger partial charge in [-0.2, -0.15) is 0 Å². The van der Waals surface area contributed by atoms with Crippen molar-refractivity contribution in [2.75, 3.05) is 44.7 Å². The van der Waals surface area contributed by atoms with Crippen molar-refractivity contribution >= 4 is 57.6 Å². The van der Waals surface area contributed by atoms with E-state index in [4.69, 9.17) is 0 Å². The van der Waals surface area contributed by atoms with Crippen molar-refractivity contribution in [2.24, 2.45) is 4.99 Å². The molecule has 1 aliphatic rings. The highest BCUT2D eigenvalue weighted by Crippen LogP contribution is 2.22. The largest absolute Gasteiger partial charge is 0.360 e. The first-order valence-corrected chi connectivity index (χ1v) is 9.67. The van der Waals surface area contributed by atoms with Gasteiger partial charge >= 0.3 is 0 Å². The molecule has 132 valence electrons. The molecule has 0 bridgehead atoms. The van der Waals surface area contributed by atoms with Gasteiger partial charge in [-0.25, -0.2) is 4.98 Å². The third-order valence-electron chi connectivity index (χ3n) is 3.94. The van der Waals surface area contributed by atoms with Crippen LogP contribution in [0.4, 0.5) is 5.00 Å². The number of guanidine groups is 1. The number of anilines is 1. The van der Waals surface area contributed by atoms with Crippen LogP contribution in [-0.4, -0.2) is 55.6 Å². The van der Waals surface area contributed by atoms with Crippen molar-refractivity contribution in [3.63, 3.8) is 0 Å². The summed E-state index contributed by atoms with van der Waals surface area (Å²) in [6, 6.07) is 4.32. The number of halogens is 1. The predicted octanol–water partition coefficient (Wildman–Crippen LogP) is 3.07. The van der Waals surface area contributed by atoms with Crippen LogP contribution >= 0.6 is 46.7 Å². The van der Waals surface area contributed by atoms with Crippen molar-refractivity contribution in [2.45, 2.75) is 13.3 Å². The summed E-state index contributed by atoms with van der Waals surface area (Å²) in [4.78, 5) is 13.7. The molecule has 2 aromatic rings. The Bertz CT molecular complexity index is 633. The van der Waals surface area contributed by atoms with E-state index in [1.807, 2.05) is 25.3 Å². The van der Waals surface area contributed by atoms with Gasteiger partial charge in [-0.15, -0.1) is 46.7 Å². The number of nitrogens with zero attached hydrogens (tertiary/aromatic N) is 4. The Hall–Kier alpha value is -0.870. The molecule has 8 heteroatoms. The number of hydrogen-bond donors (Lipinski definition) is 1. The summed E-state index contributed by atoms with van der Waals surface area (Å²) in [5.74, 6) is 1.00. The Morgan fingerprint density at radius 3 is 2.67 bits per heavy atom. The average Bonchev–Trinajstić information content (AvgIpc) is 3.24. The summed E-state index contributed by atoms with van der Waals surface area (Å²) >= 11 is 3.53. The average molecular weight is 477 g/mol. The monoisotopic (exact) mass is 477 g/mol. The van der Waals surface area contributed by atoms with Crippen LogP contribution in [0, 0.1) is 6.92 Å². The van der Waals surface area contributed by atoms with Crippen LogP contribution in [0.5, 0.6) is 0 Å². The lowest BCUT2D eigenvalue weighted by Gasteiger charge is -2.37. The van der Waals surface area contributed by atoms with Gasteiger partial charge in [0.05, 0.1) is 15.7 Å². The molecular formula is C16H24IN5S2. The highest BCUT2D eigenvalue weighted by Gasteiger charge is 2.20. The van der Waals surface area contributed by atoms with E-state index in [1.54, 1.807) is 11.3 Å². The molecule has 5 nitrogen and oxygen atoms in total. The number of nitrogens with one attached hydrogen (secondary N) is 1. The second kappa shape index (κ2) is 9.57. The van der Waals surface area contributed by atoms with Gasteiger partial charge in [0, 0.05) is 51.6 Å². The maximum Gasteiger partial charge on any atom is 0.193 e. The first-order chi connectivity index (χ1) is 11.3. The molecule has 1 N–H and O–H groups in total. The van der Waals surface area contributed by atoms with Gasteiger partial charge in [0.1, 0.15) is 0 Å². The lowest BCUT2D eigenvalue weighted by molar-refractivity contribution is 0.373. The van der Waals surface area contributed by atoms with Crippen LogP contribution in [-0.2, 0) is 6.42 Å². The fourth-order valence-corrected chi connectivity index (χ4v) is 4.18. The molecule has 0 spiro atoms. The molecule has 1 aliphatic heterocycles. The van der Waals surface area contributed by atoms with Gasteiger partial charge < -0.3 is 15.1 Å². The summed E-state index contributed by atoms with van der Waals surface area (Å²) in [5, 5.41) is 10.3. The number of thiophene rings is 1. The zero-order valence-electron chi connectivity index (χ0n) is 14.1. The second-order valence-electron chi connectivity index (χ2n) is 5.51. The fourth-order valence-electron chi connectivity index (χ4n) is 2.75. The number of aryl methyl sites for hydroxylation is 1. The van der Waals surface area contributed by atoms with Crippen molar-refractivity contribution < 1.29 is 0 Å². The van der Waals surface area contributed by atoms with Crippen LogP contribution < -0.4 is 10.2 Å². The van der Waals surface area contributed by atoms with Gasteiger partial charge in [-0.1, -0.05) is 0 Å². The van der Waals surface area contributed by atoms with Crippen LogP contribution in [0.25, 0.3) is 0 Å². The summed E-state index contributed by atoms with van der Waals surface area (Å²) < 4.78 is 0. The summed E-state index contributed by atoms with van der Waals surface area (Å²) in [6.07, 6.45) is 0.943. The molecule has 3 heterocycles. The maximum atomic E-state index is 4.50. The first-order valence-electron chi connectivity index (χ1n) is 7.91. The molecule has 0 saturated carbocycles. The number of aliphatic imine (C=N–C) groups is 1. The van der Waals surface area contributed by atoms with E-state index in [9.17, 15) is 0 Å². The van der Waals surface area contributed by atoms with Crippen LogP contribution in [0.2, 0.25) is 0 Å². The summed E-state index contributed by atoms with van der Waals surface area (Å²) in [7, 11) is 1.86. The van der Waals surface area contributed by atoms with Gasteiger partial charge in [0.25, 0.3) is 0 Å². The highest BCUT2D eigenvalue weighted by molar-refractivity contribution is 14.0. The fraction of sp³-hybridized carbons (Fsp3) is 0.500. The van der Waals surface area contributed by atoms with Crippen molar-refractivity contribution in [3.05, 3.63) is 33.6 Å². The van der Waals surface area contributed by atoms with E-state index in [-0.39, 0.29) is 24.0 Å². The van der Waals surface area contributed by atoms with E-state index in [0.29, 0.717) is 0 Å². The van der Waals surface area contributed by atoms with Crippen LogP contribution in [0.3, 0.4) is 0 Å². The standard InChI is InChI=1S/C16H23N5S2.HI/c1-13-19-14(12-23-13)5-6-18-16(17-2)21-9-7-20(8-10-21)15-4-3-11-22-15;/h3-4,11-12H,5-10H2,1-2H3,(H,17,18);1H. The van der Waals surface area contributed by atoms with E-state index in [2.05, 4.69) is 48.0 Å². The number of piperazine rings is 1. The minimum Gasteiger partial charge on any atom is -0.360 e. The first kappa shape index (κ1) is 19.5. The zero-order valence-corrected chi connectivity index (χ0v) is 18.0. The predicted molar refractivity (Wildman–Crippen MR) is 115 cm³/mol. The zero-order chi connectivity index (χ0) is 16.1. The Kier molecular flexibility index (Phi) is 7.76. The number of thiazole rings is 1. The van der Waals surface area contributed by atoms with Gasteiger partial charge in [-0.05, 0) is 24.4 Å². The topological polar surface area (TPSA) is 43.8 Å². The lowest BCUT2D eigenvalue weighted by Crippen LogP contribution is -2.52. The molecule has 0 amide bonds. The van der Waals surface area contributed by atoms with E-state index >= 15 is 0 Å². The Balaban J connectivity index is 0.00000208. The summed E-state index contributed by atoms with van der Waals surface area (Å²) in [5.41, 5.74) is 1.16. The van der Waals surface area contributed by atoms with Crippen molar-refractivity contribution in [3.8, 4) is 0 Å². The van der Waals surface area contributed by atoms with E-state index < -0.39 is 0 Å². The summed E-state index contributed by atoms with van der Waals surface area (Å²) in [6.45, 7) is 7.04. The van der Waals surface area contributed by atoms with E-state index in [1.165, 1.54) is 5.00 Å². The third-order valence-corrected chi connectivity index (χ3v) is 5.69. The molecule has 3 rings (SSSR count). The minimum atomic E-state index is 0. The smallest absolute Gasteiger partial charge is 0.193 e. The number of aromatic nitrogens is 1. The molecule has 2 aromatic heterocycles. The Morgan fingerprint density at radius 1 is 1.29 bits per heavy atom. The van der Waals surface area contributed by atoms with Crippen LogP contribution in [0.1, 0.15) is 10.7 Å². The van der Waals surface area contributed by atoms with Gasteiger partial charge in [0.2, 0.25) is 0 Å². The van der Waals surface area contributed by atoms with Gasteiger partial charge in [0.15, 0.2) is 5.96 Å². The molecular weight excluding hydrogens is 453 g/mol. The maximum absolute atomic E-state index is 4.50. The van der Waals surface area contributed by atoms with Crippen molar-refractivity contribution in [1.29, 1.82) is 0 Å². The molecule has 0 atom stereocenters. The number of rotatable bonds is 4. The van der Waals surface area contributed by atoms with Crippen molar-refractivity contribution in [1.82, 2.24) is 15.2 Å².